The summed E-state index contributed by atoms with van der Waals surface area (Å²) in [4.78, 5) is 27.1. The molecule has 2 heterocycles. The van der Waals surface area contributed by atoms with Gasteiger partial charge in [-0.2, -0.15) is 0 Å². The Hall–Kier alpha value is -3.62. The highest BCUT2D eigenvalue weighted by Gasteiger charge is 2.50. The van der Waals surface area contributed by atoms with E-state index in [-0.39, 0.29) is 18.7 Å². The third-order valence-corrected chi connectivity index (χ3v) is 5.00. The predicted octanol–water partition coefficient (Wildman–Crippen LogP) is 2.92. The number of aromatic nitrogens is 1. The molecule has 2 aromatic carbocycles. The standard InChI is InChI=1S/C23H18N2O3/c1-2-13-25-20-8-4-3-7-19(20)23(28,22(25)27)16-21(26)17-9-11-18(12-10-17)24-14-5-6-15-24/h1,3-12,14-15,28H,13,16H2. The smallest absolute Gasteiger partial charge is 0.265 e. The molecule has 1 aliphatic rings. The number of terminal acetylenes is 1. The van der Waals surface area contributed by atoms with E-state index in [1.54, 1.807) is 36.4 Å². The van der Waals surface area contributed by atoms with Crippen molar-refractivity contribution in [2.75, 3.05) is 11.4 Å². The van der Waals surface area contributed by atoms with Crippen molar-refractivity contribution >= 4 is 17.4 Å². The van der Waals surface area contributed by atoms with Crippen LogP contribution in [-0.4, -0.2) is 27.9 Å². The molecule has 0 fully saturated rings. The van der Waals surface area contributed by atoms with Gasteiger partial charge in [-0.15, -0.1) is 6.42 Å². The number of Topliss-reactive ketones (excluding diaryl/α,β-unsaturated/α-hetero) is 1. The second-order valence-corrected chi connectivity index (χ2v) is 6.71. The average Bonchev–Trinajstić information content (AvgIpc) is 3.32. The fourth-order valence-electron chi connectivity index (χ4n) is 3.59. The normalized spacial score (nSPS) is 18.0. The fraction of sp³-hybridized carbons (Fsp3) is 0.130. The Morgan fingerprint density at radius 3 is 2.39 bits per heavy atom. The molecule has 1 N–H and O–H groups in total. The van der Waals surface area contributed by atoms with Crippen LogP contribution in [-0.2, 0) is 10.4 Å². The first-order valence-electron chi connectivity index (χ1n) is 8.88. The number of fused-ring (bicyclic) bond motifs is 1. The number of anilines is 1. The summed E-state index contributed by atoms with van der Waals surface area (Å²) in [6.07, 6.45) is 8.85. The van der Waals surface area contributed by atoms with Crippen molar-refractivity contribution in [3.63, 3.8) is 0 Å². The summed E-state index contributed by atoms with van der Waals surface area (Å²) in [6, 6.07) is 17.8. The van der Waals surface area contributed by atoms with Crippen molar-refractivity contribution in [3.8, 4) is 18.0 Å². The third kappa shape index (κ3) is 2.81. The number of benzene rings is 2. The summed E-state index contributed by atoms with van der Waals surface area (Å²) in [5.41, 5.74) is 0.396. The Balaban J connectivity index is 1.62. The highest BCUT2D eigenvalue weighted by atomic mass is 16.3. The molecule has 5 heteroatoms. The second-order valence-electron chi connectivity index (χ2n) is 6.71. The molecule has 1 aromatic heterocycles. The van der Waals surface area contributed by atoms with Gasteiger partial charge in [0.05, 0.1) is 18.7 Å². The third-order valence-electron chi connectivity index (χ3n) is 5.00. The number of nitrogens with zero attached hydrogens (tertiary/aromatic N) is 2. The molecule has 5 nitrogen and oxygen atoms in total. The summed E-state index contributed by atoms with van der Waals surface area (Å²) in [7, 11) is 0. The van der Waals surface area contributed by atoms with E-state index in [1.807, 2.05) is 41.2 Å². The van der Waals surface area contributed by atoms with Gasteiger partial charge >= 0.3 is 0 Å². The van der Waals surface area contributed by atoms with Gasteiger partial charge in [-0.3, -0.25) is 14.5 Å². The molecular formula is C23H18N2O3. The largest absolute Gasteiger partial charge is 0.375 e. The minimum Gasteiger partial charge on any atom is -0.375 e. The van der Waals surface area contributed by atoms with Crippen LogP contribution in [0, 0.1) is 12.3 Å². The van der Waals surface area contributed by atoms with E-state index in [2.05, 4.69) is 5.92 Å². The van der Waals surface area contributed by atoms with Gasteiger partial charge in [0.15, 0.2) is 11.4 Å². The molecule has 0 radical (unpaired) electrons. The number of carbonyl (C=O) groups excluding carboxylic acids is 2. The average molecular weight is 370 g/mol. The molecule has 3 aromatic rings. The lowest BCUT2D eigenvalue weighted by Crippen LogP contribution is -2.42. The molecule has 0 saturated carbocycles. The van der Waals surface area contributed by atoms with Crippen LogP contribution >= 0.6 is 0 Å². The van der Waals surface area contributed by atoms with Gasteiger partial charge in [0, 0.05) is 29.2 Å². The summed E-state index contributed by atoms with van der Waals surface area (Å²) in [5.74, 6) is 1.55. The minimum atomic E-state index is -1.91. The zero-order valence-corrected chi connectivity index (χ0v) is 15.1. The highest BCUT2D eigenvalue weighted by molar-refractivity contribution is 6.11. The molecule has 1 amide bonds. The lowest BCUT2D eigenvalue weighted by atomic mass is 9.88. The minimum absolute atomic E-state index is 0.0396. The molecule has 1 atom stereocenters. The molecular weight excluding hydrogens is 352 g/mol. The Bertz CT molecular complexity index is 1080. The summed E-state index contributed by atoms with van der Waals surface area (Å²) in [6.45, 7) is 0.0396. The molecule has 0 bridgehead atoms. The van der Waals surface area contributed by atoms with Crippen LogP contribution in [0.2, 0.25) is 0 Å². The molecule has 1 unspecified atom stereocenters. The molecule has 0 saturated heterocycles. The first kappa shape index (κ1) is 17.8. The zero-order valence-electron chi connectivity index (χ0n) is 15.1. The molecule has 0 aliphatic carbocycles. The van der Waals surface area contributed by atoms with Gasteiger partial charge in [0.1, 0.15) is 0 Å². The van der Waals surface area contributed by atoms with Gasteiger partial charge in [-0.25, -0.2) is 0 Å². The maximum Gasteiger partial charge on any atom is 0.265 e. The maximum atomic E-state index is 12.9. The van der Waals surface area contributed by atoms with Crippen LogP contribution in [0.25, 0.3) is 5.69 Å². The first-order chi connectivity index (χ1) is 13.5. The van der Waals surface area contributed by atoms with Crippen LogP contribution in [0.15, 0.2) is 73.1 Å². The van der Waals surface area contributed by atoms with Crippen molar-refractivity contribution in [3.05, 3.63) is 84.2 Å². The van der Waals surface area contributed by atoms with E-state index < -0.39 is 11.5 Å². The van der Waals surface area contributed by atoms with Crippen molar-refractivity contribution in [2.45, 2.75) is 12.0 Å². The Morgan fingerprint density at radius 1 is 1.04 bits per heavy atom. The number of rotatable bonds is 5. The SMILES string of the molecule is C#CCN1C(=O)C(O)(CC(=O)c2ccc(-n3cccc3)cc2)c2ccccc21. The lowest BCUT2D eigenvalue weighted by molar-refractivity contribution is -0.135. The van der Waals surface area contributed by atoms with Gasteiger partial charge in [0.2, 0.25) is 0 Å². The quantitative estimate of drug-likeness (QED) is 0.555. The molecule has 1 aliphatic heterocycles. The van der Waals surface area contributed by atoms with Crippen LogP contribution in [0.1, 0.15) is 22.3 Å². The van der Waals surface area contributed by atoms with E-state index in [4.69, 9.17) is 6.42 Å². The fourth-order valence-corrected chi connectivity index (χ4v) is 3.59. The number of hydrogen-bond acceptors (Lipinski definition) is 3. The van der Waals surface area contributed by atoms with Crippen molar-refractivity contribution in [2.24, 2.45) is 0 Å². The molecule has 28 heavy (non-hydrogen) atoms. The number of para-hydroxylation sites is 1. The number of hydrogen-bond donors (Lipinski definition) is 1. The van der Waals surface area contributed by atoms with Gasteiger partial charge in [-0.05, 0) is 42.5 Å². The van der Waals surface area contributed by atoms with Crippen molar-refractivity contribution in [1.29, 1.82) is 0 Å². The van der Waals surface area contributed by atoms with E-state index in [0.29, 0.717) is 16.8 Å². The Kier molecular flexibility index (Phi) is 4.34. The monoisotopic (exact) mass is 370 g/mol. The van der Waals surface area contributed by atoms with Crippen LogP contribution in [0.5, 0.6) is 0 Å². The molecule has 138 valence electrons. The lowest BCUT2D eigenvalue weighted by Gasteiger charge is -2.22. The Morgan fingerprint density at radius 2 is 1.71 bits per heavy atom. The van der Waals surface area contributed by atoms with Crippen molar-refractivity contribution in [1.82, 2.24) is 4.57 Å². The summed E-state index contributed by atoms with van der Waals surface area (Å²) >= 11 is 0. The second kappa shape index (κ2) is 6.84. The molecule has 4 rings (SSSR count). The highest BCUT2D eigenvalue weighted by Crippen LogP contribution is 2.42. The van der Waals surface area contributed by atoms with Gasteiger partial charge in [-0.1, -0.05) is 24.1 Å². The first-order valence-corrected chi connectivity index (χ1v) is 8.88. The number of carbonyl (C=O) groups is 2. The van der Waals surface area contributed by atoms with Crippen molar-refractivity contribution < 1.29 is 14.7 Å². The van der Waals surface area contributed by atoms with Gasteiger partial charge < -0.3 is 9.67 Å². The number of amides is 1. The van der Waals surface area contributed by atoms with Crippen LogP contribution < -0.4 is 4.90 Å². The van der Waals surface area contributed by atoms with E-state index in [0.717, 1.165) is 5.69 Å². The summed E-state index contributed by atoms with van der Waals surface area (Å²) in [5, 5.41) is 11.2. The van der Waals surface area contributed by atoms with Gasteiger partial charge in [0.25, 0.3) is 5.91 Å². The van der Waals surface area contributed by atoms with E-state index in [9.17, 15) is 14.7 Å². The molecule has 0 spiro atoms. The number of aliphatic hydroxyl groups is 1. The maximum absolute atomic E-state index is 12.9. The summed E-state index contributed by atoms with van der Waals surface area (Å²) < 4.78 is 1.93. The van der Waals surface area contributed by atoms with E-state index in [1.165, 1.54) is 4.90 Å². The Labute approximate surface area is 162 Å². The zero-order chi connectivity index (χ0) is 19.7. The topological polar surface area (TPSA) is 62.5 Å². The predicted molar refractivity (Wildman–Crippen MR) is 106 cm³/mol. The number of ketones is 1. The van der Waals surface area contributed by atoms with Crippen LogP contribution in [0.3, 0.4) is 0 Å². The van der Waals surface area contributed by atoms with E-state index >= 15 is 0 Å². The van der Waals surface area contributed by atoms with Crippen LogP contribution in [0.4, 0.5) is 5.69 Å².